The molecule has 0 fully saturated rings. The van der Waals surface area contributed by atoms with Crippen LogP contribution in [0.25, 0.3) is 0 Å². The first-order chi connectivity index (χ1) is 9.75. The molecule has 9 nitrogen and oxygen atoms in total. The molecular weight excluding hydrogens is 304 g/mol. The van der Waals surface area contributed by atoms with Gasteiger partial charge in [0.05, 0.1) is 11.5 Å². The Morgan fingerprint density at radius 3 is 2.71 bits per heavy atom. The molecule has 116 valence electrons. The van der Waals surface area contributed by atoms with Crippen molar-refractivity contribution in [2.24, 2.45) is 0 Å². The molecule has 0 aliphatic heterocycles. The molecule has 0 aliphatic rings. The van der Waals surface area contributed by atoms with Crippen LogP contribution >= 0.6 is 0 Å². The molecule has 0 heterocycles. The van der Waals surface area contributed by atoms with Gasteiger partial charge in [-0.05, 0) is 12.5 Å². The average Bonchev–Trinajstić information content (AvgIpc) is 2.37. The number of benzene rings is 1. The summed E-state index contributed by atoms with van der Waals surface area (Å²) < 4.78 is 31.0. The van der Waals surface area contributed by atoms with Crippen LogP contribution < -0.4 is 4.72 Å². The molecule has 1 rings (SSSR count). The highest BCUT2D eigenvalue weighted by molar-refractivity contribution is 7.89. The maximum absolute atomic E-state index is 12.1. The highest BCUT2D eigenvalue weighted by atomic mass is 32.2. The number of sulfonamides is 1. The van der Waals surface area contributed by atoms with Crippen LogP contribution in [0, 0.1) is 17.0 Å². The van der Waals surface area contributed by atoms with Gasteiger partial charge in [0.1, 0.15) is 6.61 Å². The first kappa shape index (κ1) is 17.0. The molecule has 0 aliphatic carbocycles. The van der Waals surface area contributed by atoms with E-state index in [2.05, 4.69) is 9.46 Å². The number of nitro benzene ring substituents is 1. The van der Waals surface area contributed by atoms with Crippen molar-refractivity contribution in [1.82, 2.24) is 4.72 Å². The molecule has 0 saturated heterocycles. The normalized spacial score (nSPS) is 11.3. The molecule has 10 heteroatoms. The summed E-state index contributed by atoms with van der Waals surface area (Å²) in [5, 5.41) is 19.2. The fraction of sp³-hybridized carbons (Fsp3) is 0.364. The van der Waals surface area contributed by atoms with Crippen LogP contribution in [0.3, 0.4) is 0 Å². The standard InChI is InChI=1S/C11H14N2O7S/c1-8-3-2-4-9(13(16)17)11(8)21(18,19)12-5-6-20-7-10(14)15/h2-4,12H,5-7H2,1H3,(H,14,15). The van der Waals surface area contributed by atoms with Crippen LogP contribution in [-0.2, 0) is 19.6 Å². The van der Waals surface area contributed by atoms with Gasteiger partial charge in [0.25, 0.3) is 5.69 Å². The highest BCUT2D eigenvalue weighted by Gasteiger charge is 2.27. The SMILES string of the molecule is Cc1cccc([N+](=O)[O-])c1S(=O)(=O)NCCOCC(=O)O. The number of rotatable bonds is 8. The largest absolute Gasteiger partial charge is 0.480 e. The van der Waals surface area contributed by atoms with Crippen LogP contribution in [-0.4, -0.2) is 44.2 Å². The van der Waals surface area contributed by atoms with Crippen LogP contribution in [0.1, 0.15) is 5.56 Å². The van der Waals surface area contributed by atoms with E-state index in [9.17, 15) is 23.3 Å². The zero-order valence-electron chi connectivity index (χ0n) is 11.1. The van der Waals surface area contributed by atoms with E-state index in [-0.39, 0.29) is 18.7 Å². The topological polar surface area (TPSA) is 136 Å². The van der Waals surface area contributed by atoms with Crippen molar-refractivity contribution in [3.63, 3.8) is 0 Å². The van der Waals surface area contributed by atoms with Crippen molar-refractivity contribution in [2.45, 2.75) is 11.8 Å². The van der Waals surface area contributed by atoms with Gasteiger partial charge < -0.3 is 9.84 Å². The zero-order valence-corrected chi connectivity index (χ0v) is 11.9. The summed E-state index contributed by atoms with van der Waals surface area (Å²) in [6.07, 6.45) is 0. The molecule has 1 aromatic rings. The predicted molar refractivity (Wildman–Crippen MR) is 71.5 cm³/mol. The molecule has 2 N–H and O–H groups in total. The van der Waals surface area contributed by atoms with Crippen LogP contribution in [0.2, 0.25) is 0 Å². The molecule has 0 amide bonds. The highest BCUT2D eigenvalue weighted by Crippen LogP contribution is 2.26. The van der Waals surface area contributed by atoms with Crippen molar-refractivity contribution < 1.29 is 28.0 Å². The Morgan fingerprint density at radius 2 is 2.14 bits per heavy atom. The lowest BCUT2D eigenvalue weighted by molar-refractivity contribution is -0.387. The monoisotopic (exact) mass is 318 g/mol. The first-order valence-corrected chi connectivity index (χ1v) is 7.27. The second kappa shape index (κ2) is 7.11. The Balaban J connectivity index is 2.84. The molecule has 21 heavy (non-hydrogen) atoms. The van der Waals surface area contributed by atoms with E-state index in [1.807, 2.05) is 0 Å². The number of carboxylic acid groups (broad SMARTS) is 1. The quantitative estimate of drug-likeness (QED) is 0.399. The van der Waals surface area contributed by atoms with E-state index in [0.717, 1.165) is 6.07 Å². The van der Waals surface area contributed by atoms with E-state index in [1.54, 1.807) is 0 Å². The minimum atomic E-state index is -4.09. The van der Waals surface area contributed by atoms with Crippen LogP contribution in [0.15, 0.2) is 23.1 Å². The summed E-state index contributed by atoms with van der Waals surface area (Å²) in [5.74, 6) is -1.17. The number of aliphatic carboxylic acids is 1. The molecule has 0 radical (unpaired) electrons. The average molecular weight is 318 g/mol. The van der Waals surface area contributed by atoms with Gasteiger partial charge in [-0.2, -0.15) is 0 Å². The van der Waals surface area contributed by atoms with Gasteiger partial charge in [0.15, 0.2) is 4.90 Å². The maximum Gasteiger partial charge on any atom is 0.329 e. The van der Waals surface area contributed by atoms with Crippen molar-refractivity contribution in [3.05, 3.63) is 33.9 Å². The summed E-state index contributed by atoms with van der Waals surface area (Å²) in [6.45, 7) is 0.543. The number of carbonyl (C=O) groups is 1. The van der Waals surface area contributed by atoms with Crippen LogP contribution in [0.4, 0.5) is 5.69 Å². The van der Waals surface area contributed by atoms with Crippen molar-refractivity contribution in [2.75, 3.05) is 19.8 Å². The van der Waals surface area contributed by atoms with Crippen molar-refractivity contribution >= 4 is 21.7 Å². The molecule has 0 unspecified atom stereocenters. The Labute approximate surface area is 120 Å². The zero-order chi connectivity index (χ0) is 16.0. The number of aryl methyl sites for hydroxylation is 1. The number of ether oxygens (including phenoxy) is 1. The fourth-order valence-corrected chi connectivity index (χ4v) is 3.02. The number of nitrogens with one attached hydrogen (secondary N) is 1. The summed E-state index contributed by atoms with van der Waals surface area (Å²) in [7, 11) is -4.09. The van der Waals surface area contributed by atoms with E-state index in [1.165, 1.54) is 19.1 Å². The number of carboxylic acids is 1. The van der Waals surface area contributed by atoms with E-state index in [4.69, 9.17) is 5.11 Å². The second-order valence-electron chi connectivity index (χ2n) is 4.02. The summed E-state index contributed by atoms with van der Waals surface area (Å²) >= 11 is 0. The lowest BCUT2D eigenvalue weighted by Gasteiger charge is -2.09. The van der Waals surface area contributed by atoms with Crippen molar-refractivity contribution in [1.29, 1.82) is 0 Å². The van der Waals surface area contributed by atoms with Gasteiger partial charge in [-0.15, -0.1) is 0 Å². The molecule has 0 saturated carbocycles. The minimum Gasteiger partial charge on any atom is -0.480 e. The Kier molecular flexibility index (Phi) is 5.76. The van der Waals surface area contributed by atoms with Gasteiger partial charge in [-0.25, -0.2) is 17.9 Å². The third-order valence-corrected chi connectivity index (χ3v) is 4.07. The molecule has 0 atom stereocenters. The summed E-state index contributed by atoms with van der Waals surface area (Å²) in [6, 6.07) is 3.94. The van der Waals surface area contributed by atoms with E-state index in [0.29, 0.717) is 0 Å². The van der Waals surface area contributed by atoms with Gasteiger partial charge in [0, 0.05) is 12.6 Å². The fourth-order valence-electron chi connectivity index (χ4n) is 1.61. The predicted octanol–water partition coefficient (Wildman–Crippen LogP) is 0.283. The Morgan fingerprint density at radius 1 is 1.48 bits per heavy atom. The second-order valence-corrected chi connectivity index (χ2v) is 5.73. The van der Waals surface area contributed by atoms with Gasteiger partial charge in [-0.1, -0.05) is 12.1 Å². The molecular formula is C11H14N2O7S. The first-order valence-electron chi connectivity index (χ1n) is 5.79. The maximum atomic E-state index is 12.1. The third kappa shape index (κ3) is 4.77. The summed E-state index contributed by atoms with van der Waals surface area (Å²) in [5.41, 5.74) is -0.280. The van der Waals surface area contributed by atoms with Gasteiger partial charge >= 0.3 is 5.97 Å². The van der Waals surface area contributed by atoms with Gasteiger partial charge in [0.2, 0.25) is 10.0 Å². The number of nitrogens with zero attached hydrogens (tertiary/aromatic N) is 1. The molecule has 0 spiro atoms. The van der Waals surface area contributed by atoms with Crippen molar-refractivity contribution in [3.8, 4) is 0 Å². The molecule has 0 bridgehead atoms. The van der Waals surface area contributed by atoms with E-state index < -0.39 is 38.1 Å². The Bertz CT molecular complexity index is 642. The number of hydrogen-bond acceptors (Lipinski definition) is 6. The number of nitro groups is 1. The summed E-state index contributed by atoms with van der Waals surface area (Å²) in [4.78, 5) is 19.9. The lowest BCUT2D eigenvalue weighted by atomic mass is 10.2. The van der Waals surface area contributed by atoms with Crippen LogP contribution in [0.5, 0.6) is 0 Å². The lowest BCUT2D eigenvalue weighted by Crippen LogP contribution is -2.29. The molecule has 0 aromatic heterocycles. The number of hydrogen-bond donors (Lipinski definition) is 2. The Hall–Kier alpha value is -2.04. The smallest absolute Gasteiger partial charge is 0.329 e. The van der Waals surface area contributed by atoms with Gasteiger partial charge in [-0.3, -0.25) is 10.1 Å². The molecule has 1 aromatic carbocycles. The van der Waals surface area contributed by atoms with E-state index >= 15 is 0 Å². The third-order valence-electron chi connectivity index (χ3n) is 2.42. The minimum absolute atomic E-state index is 0.161.